The molecule has 1 atom stereocenters. The van der Waals surface area contributed by atoms with Gasteiger partial charge in [-0.15, -0.1) is 0 Å². The van der Waals surface area contributed by atoms with Crippen molar-refractivity contribution >= 4 is 22.5 Å². The van der Waals surface area contributed by atoms with Crippen molar-refractivity contribution in [1.29, 1.82) is 0 Å². The predicted octanol–water partition coefficient (Wildman–Crippen LogP) is -0.260. The molecular weight excluding hydrogens is 242 g/mol. The highest BCUT2D eigenvalue weighted by molar-refractivity contribution is 7.85. The number of amidine groups is 1. The van der Waals surface area contributed by atoms with Crippen LogP contribution >= 0.6 is 0 Å². The Hall–Kier alpha value is -1.11. The fourth-order valence-electron chi connectivity index (χ4n) is 1.74. The minimum absolute atomic E-state index is 0.0725. The number of amides is 1. The minimum atomic E-state index is -0.979. The van der Waals surface area contributed by atoms with Crippen LogP contribution in [-0.2, 0) is 15.6 Å². The summed E-state index contributed by atoms with van der Waals surface area (Å²) >= 11 is 0. The molecule has 1 unspecified atom stereocenters. The van der Waals surface area contributed by atoms with E-state index in [0.717, 1.165) is 0 Å². The summed E-state index contributed by atoms with van der Waals surface area (Å²) in [5.41, 5.74) is 4.61. The maximum absolute atomic E-state index is 12.3. The van der Waals surface area contributed by atoms with Crippen molar-refractivity contribution in [3.63, 3.8) is 0 Å². The highest BCUT2D eigenvalue weighted by atomic mass is 32.2. The molecule has 1 aliphatic heterocycles. The van der Waals surface area contributed by atoms with Crippen molar-refractivity contribution in [2.75, 3.05) is 24.6 Å². The van der Waals surface area contributed by atoms with Crippen molar-refractivity contribution < 1.29 is 14.2 Å². The van der Waals surface area contributed by atoms with Gasteiger partial charge in [-0.05, 0) is 13.3 Å². The third kappa shape index (κ3) is 2.77. The maximum atomic E-state index is 12.3. The van der Waals surface area contributed by atoms with Crippen LogP contribution < -0.4 is 5.73 Å². The molecule has 98 valence electrons. The molecule has 1 fully saturated rings. The molecule has 0 radical (unpaired) electrons. The van der Waals surface area contributed by atoms with E-state index in [2.05, 4.69) is 5.16 Å². The zero-order valence-corrected chi connectivity index (χ0v) is 11.0. The summed E-state index contributed by atoms with van der Waals surface area (Å²) in [6.07, 6.45) is 0.460. The van der Waals surface area contributed by atoms with E-state index in [9.17, 15) is 9.00 Å². The van der Waals surface area contributed by atoms with Crippen LogP contribution in [0, 0.1) is 5.41 Å². The van der Waals surface area contributed by atoms with E-state index in [1.807, 2.05) is 6.92 Å². The van der Waals surface area contributed by atoms with Crippen molar-refractivity contribution in [3.05, 3.63) is 0 Å². The zero-order valence-electron chi connectivity index (χ0n) is 10.2. The van der Waals surface area contributed by atoms with E-state index < -0.39 is 16.2 Å². The third-order valence-electron chi connectivity index (χ3n) is 3.32. The lowest BCUT2D eigenvalue weighted by Crippen LogP contribution is -2.52. The first-order valence-corrected chi connectivity index (χ1v) is 7.07. The van der Waals surface area contributed by atoms with Crippen LogP contribution in [0.5, 0.6) is 0 Å². The van der Waals surface area contributed by atoms with Crippen molar-refractivity contribution in [2.24, 2.45) is 16.3 Å². The Bertz CT molecular complexity index is 349. The Morgan fingerprint density at radius 1 is 1.53 bits per heavy atom. The predicted molar refractivity (Wildman–Crippen MR) is 66.3 cm³/mol. The zero-order chi connectivity index (χ0) is 13.1. The second-order valence-corrected chi connectivity index (χ2v) is 6.01. The molecule has 0 aromatic heterocycles. The Labute approximate surface area is 103 Å². The number of nitrogens with zero attached hydrogens (tertiary/aromatic N) is 2. The van der Waals surface area contributed by atoms with Crippen LogP contribution in [0.15, 0.2) is 5.16 Å². The Morgan fingerprint density at radius 3 is 2.47 bits per heavy atom. The van der Waals surface area contributed by atoms with E-state index in [1.165, 1.54) is 0 Å². The molecule has 7 heteroatoms. The van der Waals surface area contributed by atoms with Gasteiger partial charge in [-0.25, -0.2) is 0 Å². The summed E-state index contributed by atoms with van der Waals surface area (Å²) in [5.74, 6) is 0.771. The molecule has 1 saturated heterocycles. The molecule has 0 saturated carbocycles. The van der Waals surface area contributed by atoms with Gasteiger partial charge >= 0.3 is 0 Å². The molecule has 0 aromatic rings. The molecule has 17 heavy (non-hydrogen) atoms. The molecule has 3 N–H and O–H groups in total. The summed E-state index contributed by atoms with van der Waals surface area (Å²) < 4.78 is 11.2. The molecule has 6 nitrogen and oxygen atoms in total. The average molecular weight is 261 g/mol. The summed E-state index contributed by atoms with van der Waals surface area (Å²) in [5, 5.41) is 11.7. The number of carbonyl (C=O) groups is 1. The van der Waals surface area contributed by atoms with Crippen molar-refractivity contribution in [3.8, 4) is 0 Å². The summed E-state index contributed by atoms with van der Waals surface area (Å²) in [6.45, 7) is 4.42. The maximum Gasteiger partial charge on any atom is 0.236 e. The Balaban J connectivity index is 2.83. The van der Waals surface area contributed by atoms with E-state index in [1.54, 1.807) is 11.8 Å². The largest absolute Gasteiger partial charge is 0.409 e. The van der Waals surface area contributed by atoms with Gasteiger partial charge in [0.1, 0.15) is 5.41 Å². The lowest BCUT2D eigenvalue weighted by atomic mass is 9.84. The topological polar surface area (TPSA) is 96.0 Å². The molecular formula is C10H19N3O3S. The van der Waals surface area contributed by atoms with Gasteiger partial charge in [-0.2, -0.15) is 0 Å². The van der Waals surface area contributed by atoms with Crippen molar-refractivity contribution in [1.82, 2.24) is 4.90 Å². The molecule has 0 aliphatic carbocycles. The fourth-order valence-corrected chi connectivity index (χ4v) is 2.79. The van der Waals surface area contributed by atoms with E-state index in [0.29, 0.717) is 31.0 Å². The summed E-state index contributed by atoms with van der Waals surface area (Å²) in [4.78, 5) is 14.0. The normalized spacial score (nSPS) is 22.2. The van der Waals surface area contributed by atoms with Gasteiger partial charge in [-0.3, -0.25) is 9.00 Å². The number of nitrogens with two attached hydrogens (primary N) is 1. The molecule has 0 spiro atoms. The molecule has 0 bridgehead atoms. The van der Waals surface area contributed by atoms with Gasteiger partial charge in [0, 0.05) is 35.4 Å². The smallest absolute Gasteiger partial charge is 0.236 e. The molecule has 0 aromatic carbocycles. The number of hydrogen-bond acceptors (Lipinski definition) is 4. The highest BCUT2D eigenvalue weighted by Crippen LogP contribution is 2.25. The van der Waals surface area contributed by atoms with E-state index >= 15 is 0 Å². The molecule has 1 heterocycles. The van der Waals surface area contributed by atoms with Gasteiger partial charge in [0.2, 0.25) is 5.91 Å². The monoisotopic (exact) mass is 261 g/mol. The molecule has 1 rings (SSSR count). The van der Waals surface area contributed by atoms with Crippen molar-refractivity contribution in [2.45, 2.75) is 20.3 Å². The number of oxime groups is 1. The second kappa shape index (κ2) is 5.48. The van der Waals surface area contributed by atoms with Crippen LogP contribution in [0.1, 0.15) is 20.3 Å². The minimum Gasteiger partial charge on any atom is -0.409 e. The first-order chi connectivity index (χ1) is 7.95. The van der Waals surface area contributed by atoms with Crippen LogP contribution in [-0.4, -0.2) is 50.7 Å². The summed E-state index contributed by atoms with van der Waals surface area (Å²) in [7, 11) is -0.823. The first kappa shape index (κ1) is 14.0. The van der Waals surface area contributed by atoms with E-state index in [4.69, 9.17) is 10.9 Å². The standard InChI is InChI=1S/C10H19N3O3S/c1-3-10(2,8(11)12-15)9(14)13-4-6-17(16)7-5-13/h15H,3-7H2,1-2H3,(H2,11,12). The van der Waals surface area contributed by atoms with E-state index in [-0.39, 0.29) is 11.7 Å². The first-order valence-electron chi connectivity index (χ1n) is 5.58. The SMILES string of the molecule is CCC(C)(C(=O)N1CCS(=O)CC1)C(N)=NO. The lowest BCUT2D eigenvalue weighted by molar-refractivity contribution is -0.137. The number of carbonyl (C=O) groups excluding carboxylic acids is 1. The van der Waals surface area contributed by atoms with Gasteiger partial charge in [0.25, 0.3) is 0 Å². The number of rotatable bonds is 3. The van der Waals surface area contributed by atoms with Gasteiger partial charge in [-0.1, -0.05) is 12.1 Å². The third-order valence-corrected chi connectivity index (χ3v) is 4.59. The lowest BCUT2D eigenvalue weighted by Gasteiger charge is -2.34. The molecule has 1 amide bonds. The second-order valence-electron chi connectivity index (χ2n) is 4.31. The quantitative estimate of drug-likeness (QED) is 0.316. The van der Waals surface area contributed by atoms with Gasteiger partial charge in [0.15, 0.2) is 5.84 Å². The van der Waals surface area contributed by atoms with Gasteiger partial charge < -0.3 is 15.8 Å². The highest BCUT2D eigenvalue weighted by Gasteiger charge is 2.40. The van der Waals surface area contributed by atoms with Gasteiger partial charge in [0.05, 0.1) is 0 Å². The average Bonchev–Trinajstić information content (AvgIpc) is 2.36. The summed E-state index contributed by atoms with van der Waals surface area (Å²) in [6, 6.07) is 0. The molecule has 1 aliphatic rings. The Kier molecular flexibility index (Phi) is 4.50. The fraction of sp³-hybridized carbons (Fsp3) is 0.800. The van der Waals surface area contributed by atoms with Crippen LogP contribution in [0.2, 0.25) is 0 Å². The Morgan fingerprint density at radius 2 is 2.06 bits per heavy atom. The number of hydrogen-bond donors (Lipinski definition) is 2. The van der Waals surface area contributed by atoms with Crippen LogP contribution in [0.3, 0.4) is 0 Å². The van der Waals surface area contributed by atoms with Crippen LogP contribution in [0.4, 0.5) is 0 Å². The van der Waals surface area contributed by atoms with Crippen LogP contribution in [0.25, 0.3) is 0 Å².